The lowest BCUT2D eigenvalue weighted by Gasteiger charge is -2.35. The Morgan fingerprint density at radius 1 is 1.59 bits per heavy atom. The van der Waals surface area contributed by atoms with Gasteiger partial charge in [0.1, 0.15) is 0 Å². The fourth-order valence-corrected chi connectivity index (χ4v) is 4.02. The number of sulfonamides is 1. The summed E-state index contributed by atoms with van der Waals surface area (Å²) in [5.74, 6) is -0.316. The van der Waals surface area contributed by atoms with E-state index in [1.54, 1.807) is 6.07 Å². The second kappa shape index (κ2) is 4.27. The van der Waals surface area contributed by atoms with E-state index in [4.69, 9.17) is 5.26 Å². The number of amides is 1. The number of nitrogens with zero attached hydrogens (tertiary/aromatic N) is 2. The summed E-state index contributed by atoms with van der Waals surface area (Å²) in [5, 5.41) is 10.4. The Kier molecular flexibility index (Phi) is 3.10. The molecule has 1 amide bonds. The van der Waals surface area contributed by atoms with Gasteiger partial charge < -0.3 is 5.32 Å². The third-order valence-corrected chi connectivity index (χ3v) is 5.61. The van der Waals surface area contributed by atoms with Gasteiger partial charge in [-0.25, -0.2) is 8.42 Å². The van der Waals surface area contributed by atoms with Crippen LogP contribution in [-0.2, 0) is 14.8 Å². The minimum atomic E-state index is -3.61. The minimum absolute atomic E-state index is 0.0699. The molecule has 0 spiro atoms. The predicted octanol–water partition coefficient (Wildman–Crippen LogP) is -0.561. The molecule has 2 fully saturated rings. The Morgan fingerprint density at radius 2 is 2.29 bits per heavy atom. The standard InChI is InChI=1S/C10H15N3O3S/c1-7(5-11)17(15,16)13-4-2-3-8-9(13)6-12-10(8)14/h7-9H,2-4,6H2,1H3,(H,12,14). The maximum atomic E-state index is 12.1. The van der Waals surface area contributed by atoms with E-state index >= 15 is 0 Å². The van der Waals surface area contributed by atoms with Crippen LogP contribution in [0.25, 0.3) is 0 Å². The van der Waals surface area contributed by atoms with E-state index in [-0.39, 0.29) is 17.9 Å². The third kappa shape index (κ3) is 1.91. The highest BCUT2D eigenvalue weighted by Crippen LogP contribution is 2.30. The Hall–Kier alpha value is -1.13. The van der Waals surface area contributed by atoms with Crippen molar-refractivity contribution in [3.05, 3.63) is 0 Å². The minimum Gasteiger partial charge on any atom is -0.354 e. The van der Waals surface area contributed by atoms with E-state index in [1.807, 2.05) is 0 Å². The fraction of sp³-hybridized carbons (Fsp3) is 0.800. The van der Waals surface area contributed by atoms with Gasteiger partial charge in [-0.2, -0.15) is 9.57 Å². The quantitative estimate of drug-likeness (QED) is 0.718. The summed E-state index contributed by atoms with van der Waals surface area (Å²) in [6.45, 7) is 2.15. The summed E-state index contributed by atoms with van der Waals surface area (Å²) in [6.07, 6.45) is 1.40. The molecular formula is C10H15N3O3S. The first-order valence-electron chi connectivity index (χ1n) is 5.66. The molecule has 1 N–H and O–H groups in total. The molecule has 17 heavy (non-hydrogen) atoms. The average Bonchev–Trinajstić information content (AvgIpc) is 2.70. The van der Waals surface area contributed by atoms with Gasteiger partial charge in [-0.3, -0.25) is 4.79 Å². The van der Waals surface area contributed by atoms with Crippen molar-refractivity contribution in [3.8, 4) is 6.07 Å². The molecule has 0 saturated carbocycles. The van der Waals surface area contributed by atoms with Gasteiger partial charge in [0.2, 0.25) is 15.9 Å². The molecule has 3 atom stereocenters. The third-order valence-electron chi connectivity index (χ3n) is 3.51. The average molecular weight is 257 g/mol. The number of rotatable bonds is 2. The largest absolute Gasteiger partial charge is 0.354 e. The van der Waals surface area contributed by atoms with E-state index in [9.17, 15) is 13.2 Å². The van der Waals surface area contributed by atoms with Gasteiger partial charge >= 0.3 is 0 Å². The van der Waals surface area contributed by atoms with Gasteiger partial charge in [-0.15, -0.1) is 0 Å². The molecule has 2 saturated heterocycles. The van der Waals surface area contributed by atoms with Crippen molar-refractivity contribution in [2.24, 2.45) is 5.92 Å². The molecule has 6 nitrogen and oxygen atoms in total. The van der Waals surface area contributed by atoms with Crippen LogP contribution in [0.1, 0.15) is 19.8 Å². The molecule has 2 aliphatic heterocycles. The van der Waals surface area contributed by atoms with Gasteiger partial charge in [0, 0.05) is 13.1 Å². The van der Waals surface area contributed by atoms with Crippen molar-refractivity contribution in [2.75, 3.05) is 13.1 Å². The summed E-state index contributed by atoms with van der Waals surface area (Å²) < 4.78 is 25.6. The summed E-state index contributed by atoms with van der Waals surface area (Å²) in [7, 11) is -3.61. The molecule has 2 aliphatic rings. The van der Waals surface area contributed by atoms with Crippen LogP contribution in [0.15, 0.2) is 0 Å². The predicted molar refractivity (Wildman–Crippen MR) is 60.2 cm³/mol. The molecule has 3 unspecified atom stereocenters. The van der Waals surface area contributed by atoms with Gasteiger partial charge in [0.15, 0.2) is 5.25 Å². The number of hydrogen-bond donors (Lipinski definition) is 1. The molecule has 0 aliphatic carbocycles. The lowest BCUT2D eigenvalue weighted by molar-refractivity contribution is -0.123. The fourth-order valence-electron chi connectivity index (χ4n) is 2.50. The van der Waals surface area contributed by atoms with E-state index in [1.165, 1.54) is 11.2 Å². The lowest BCUT2D eigenvalue weighted by atomic mass is 9.93. The van der Waals surface area contributed by atoms with Crippen molar-refractivity contribution in [3.63, 3.8) is 0 Å². The summed E-state index contributed by atoms with van der Waals surface area (Å²) >= 11 is 0. The number of hydrogen-bond acceptors (Lipinski definition) is 4. The highest BCUT2D eigenvalue weighted by Gasteiger charge is 2.46. The number of fused-ring (bicyclic) bond motifs is 1. The molecule has 7 heteroatoms. The molecule has 2 rings (SSSR count). The zero-order valence-corrected chi connectivity index (χ0v) is 10.4. The Morgan fingerprint density at radius 3 is 2.94 bits per heavy atom. The molecule has 0 aromatic carbocycles. The molecule has 0 bridgehead atoms. The number of nitrogens with one attached hydrogen (secondary N) is 1. The Labute approximate surface area is 101 Å². The summed E-state index contributed by atoms with van der Waals surface area (Å²) in [5.41, 5.74) is 0. The molecule has 0 aromatic rings. The van der Waals surface area contributed by atoms with E-state index < -0.39 is 15.3 Å². The van der Waals surface area contributed by atoms with E-state index in [0.717, 1.165) is 6.42 Å². The van der Waals surface area contributed by atoms with Crippen molar-refractivity contribution in [2.45, 2.75) is 31.1 Å². The first-order valence-corrected chi connectivity index (χ1v) is 7.17. The van der Waals surface area contributed by atoms with Crippen LogP contribution in [0.4, 0.5) is 0 Å². The van der Waals surface area contributed by atoms with Crippen LogP contribution >= 0.6 is 0 Å². The van der Waals surface area contributed by atoms with Gasteiger partial charge in [-0.05, 0) is 19.8 Å². The Balaban J connectivity index is 2.28. The van der Waals surface area contributed by atoms with Crippen LogP contribution in [0.2, 0.25) is 0 Å². The molecule has 2 heterocycles. The van der Waals surface area contributed by atoms with Gasteiger partial charge in [0.05, 0.1) is 18.0 Å². The second-order valence-corrected chi connectivity index (χ2v) is 6.69. The zero-order valence-electron chi connectivity index (χ0n) is 9.59. The number of carbonyl (C=O) groups is 1. The maximum absolute atomic E-state index is 12.1. The van der Waals surface area contributed by atoms with Crippen LogP contribution < -0.4 is 5.32 Å². The Bertz CT molecular complexity index is 468. The number of piperidine rings is 1. The van der Waals surface area contributed by atoms with E-state index in [2.05, 4.69) is 5.32 Å². The van der Waals surface area contributed by atoms with Gasteiger partial charge in [-0.1, -0.05) is 0 Å². The smallest absolute Gasteiger partial charge is 0.230 e. The topological polar surface area (TPSA) is 90.3 Å². The maximum Gasteiger partial charge on any atom is 0.230 e. The van der Waals surface area contributed by atoms with Crippen molar-refractivity contribution in [1.29, 1.82) is 5.26 Å². The van der Waals surface area contributed by atoms with Crippen LogP contribution in [-0.4, -0.2) is 43.0 Å². The second-order valence-electron chi connectivity index (χ2n) is 4.49. The van der Waals surface area contributed by atoms with Crippen molar-refractivity contribution < 1.29 is 13.2 Å². The van der Waals surface area contributed by atoms with Gasteiger partial charge in [0.25, 0.3) is 0 Å². The van der Waals surface area contributed by atoms with E-state index in [0.29, 0.717) is 19.5 Å². The molecule has 0 radical (unpaired) electrons. The normalized spacial score (nSPS) is 31.4. The highest BCUT2D eigenvalue weighted by molar-refractivity contribution is 7.90. The molecule has 0 aromatic heterocycles. The first kappa shape index (κ1) is 12.3. The zero-order chi connectivity index (χ0) is 12.6. The molecule has 94 valence electrons. The highest BCUT2D eigenvalue weighted by atomic mass is 32.2. The lowest BCUT2D eigenvalue weighted by Crippen LogP contribution is -2.50. The van der Waals surface area contributed by atoms with Crippen LogP contribution in [0.3, 0.4) is 0 Å². The van der Waals surface area contributed by atoms with Crippen molar-refractivity contribution >= 4 is 15.9 Å². The summed E-state index contributed by atoms with van der Waals surface area (Å²) in [6, 6.07) is 1.45. The van der Waals surface area contributed by atoms with Crippen LogP contribution in [0.5, 0.6) is 0 Å². The molecular weight excluding hydrogens is 242 g/mol. The number of nitriles is 1. The number of carbonyl (C=O) groups excluding carboxylic acids is 1. The van der Waals surface area contributed by atoms with Crippen LogP contribution in [0, 0.1) is 17.2 Å². The monoisotopic (exact) mass is 257 g/mol. The SMILES string of the molecule is CC(C#N)S(=O)(=O)N1CCCC2C(=O)NCC21. The van der Waals surface area contributed by atoms with Crippen molar-refractivity contribution in [1.82, 2.24) is 9.62 Å². The first-order chi connectivity index (χ1) is 7.98. The summed E-state index contributed by atoms with van der Waals surface area (Å²) in [4.78, 5) is 11.5.